The van der Waals surface area contributed by atoms with Crippen molar-refractivity contribution in [3.8, 4) is 22.9 Å². The fourth-order valence-corrected chi connectivity index (χ4v) is 7.27. The van der Waals surface area contributed by atoms with Gasteiger partial charge in [-0.15, -0.1) is 0 Å². The summed E-state index contributed by atoms with van der Waals surface area (Å²) in [4.78, 5) is 24.5. The van der Waals surface area contributed by atoms with Gasteiger partial charge in [-0.25, -0.2) is 31.0 Å². The Morgan fingerprint density at radius 3 is 2.23 bits per heavy atom. The molecule has 0 spiro atoms. The second kappa shape index (κ2) is 17.2. The number of nitrogens with one attached hydrogen (secondary N) is 2. The van der Waals surface area contributed by atoms with Crippen LogP contribution in [0, 0.1) is 28.8 Å². The molecule has 0 unspecified atom stereocenters. The van der Waals surface area contributed by atoms with Crippen LogP contribution in [-0.4, -0.2) is 36.6 Å². The molecule has 0 saturated carbocycles. The van der Waals surface area contributed by atoms with Gasteiger partial charge in [-0.1, -0.05) is 63.1 Å². The number of sulfonamides is 1. The first-order valence-electron chi connectivity index (χ1n) is 17.5. The molecule has 0 atom stereocenters. The first-order chi connectivity index (χ1) is 26.6. The van der Waals surface area contributed by atoms with Crippen LogP contribution in [0.2, 0.25) is 0 Å². The maximum Gasteiger partial charge on any atom is 0.418 e. The number of aromatic nitrogens is 2. The van der Waals surface area contributed by atoms with Crippen LogP contribution in [0.25, 0.3) is 16.8 Å². The zero-order chi connectivity index (χ0) is 40.8. The van der Waals surface area contributed by atoms with Crippen LogP contribution in [0.15, 0.2) is 83.8 Å². The largest absolute Gasteiger partial charge is 0.418 e. The quantitative estimate of drug-likeness (QED) is 0.0857. The van der Waals surface area contributed by atoms with Crippen molar-refractivity contribution < 1.29 is 44.3 Å². The number of hydrogen-bond acceptors (Lipinski definition) is 6. The van der Waals surface area contributed by atoms with Crippen LogP contribution in [0.5, 0.6) is 0 Å². The van der Waals surface area contributed by atoms with Crippen molar-refractivity contribution >= 4 is 21.8 Å². The van der Waals surface area contributed by atoms with Gasteiger partial charge in [0.15, 0.2) is 0 Å². The number of carbonyl (C=O) groups excluding carboxylic acids is 2. The number of alkyl halides is 3. The van der Waals surface area contributed by atoms with Crippen LogP contribution in [0.1, 0.15) is 88.3 Å². The van der Waals surface area contributed by atoms with Gasteiger partial charge >= 0.3 is 6.18 Å². The number of carbonyl (C=O) groups is 2. The Morgan fingerprint density at radius 2 is 1.57 bits per heavy atom. The number of amides is 2. The van der Waals surface area contributed by atoms with Crippen molar-refractivity contribution in [2.24, 2.45) is 0 Å². The topological polar surface area (TPSA) is 134 Å². The molecule has 1 heterocycles. The number of halogens is 6. The van der Waals surface area contributed by atoms with Crippen molar-refractivity contribution in [3.05, 3.63) is 136 Å². The van der Waals surface area contributed by atoms with Crippen LogP contribution in [-0.2, 0) is 29.0 Å². The molecule has 0 bridgehead atoms. The highest BCUT2D eigenvalue weighted by Crippen LogP contribution is 2.37. The van der Waals surface area contributed by atoms with E-state index in [4.69, 9.17) is 0 Å². The van der Waals surface area contributed by atoms with Gasteiger partial charge in [0.1, 0.15) is 34.1 Å². The second-order valence-electron chi connectivity index (χ2n) is 12.8. The SMILES string of the molecule is CCCCNC(=O)c1ccc(C(F)(F)F)c(-n2nc(CCCC)c(Cc3ccc(-c4cccc(F)c4S(=O)(=O)NC(=O)c4ccccc4F)cc3F)c2C#N)c1. The summed E-state index contributed by atoms with van der Waals surface area (Å²) in [5, 5.41) is 17.4. The summed E-state index contributed by atoms with van der Waals surface area (Å²) in [6, 6.07) is 15.8. The molecule has 0 fully saturated rings. The van der Waals surface area contributed by atoms with E-state index in [1.807, 2.05) is 19.9 Å². The molecule has 4 aromatic carbocycles. The third-order valence-electron chi connectivity index (χ3n) is 8.86. The van der Waals surface area contributed by atoms with E-state index in [1.54, 1.807) is 4.72 Å². The maximum absolute atomic E-state index is 16.0. The predicted octanol–water partition coefficient (Wildman–Crippen LogP) is 8.43. The molecule has 0 aliphatic heterocycles. The molecule has 16 heteroatoms. The number of hydrogen-bond donors (Lipinski definition) is 2. The molecule has 9 nitrogen and oxygen atoms in total. The Hall–Kier alpha value is -5.95. The van der Waals surface area contributed by atoms with E-state index in [0.717, 1.165) is 53.6 Å². The van der Waals surface area contributed by atoms with Crippen molar-refractivity contribution in [2.75, 3.05) is 6.54 Å². The van der Waals surface area contributed by atoms with E-state index in [9.17, 15) is 40.8 Å². The van der Waals surface area contributed by atoms with Crippen molar-refractivity contribution in [1.82, 2.24) is 19.8 Å². The lowest BCUT2D eigenvalue weighted by atomic mass is 9.97. The summed E-state index contributed by atoms with van der Waals surface area (Å²) in [6.45, 7) is 4.08. The lowest BCUT2D eigenvalue weighted by molar-refractivity contribution is -0.137. The summed E-state index contributed by atoms with van der Waals surface area (Å²) in [7, 11) is -5.00. The Bertz CT molecular complexity index is 2440. The van der Waals surface area contributed by atoms with E-state index >= 15 is 8.78 Å². The fourth-order valence-electron chi connectivity index (χ4n) is 6.02. The Balaban J connectivity index is 1.56. The number of nitriles is 1. The van der Waals surface area contributed by atoms with E-state index in [0.29, 0.717) is 25.8 Å². The number of nitrogens with zero attached hydrogens (tertiary/aromatic N) is 3. The molecule has 2 N–H and O–H groups in total. The number of unbranched alkanes of at least 4 members (excludes halogenated alkanes) is 2. The molecule has 56 heavy (non-hydrogen) atoms. The van der Waals surface area contributed by atoms with Crippen LogP contribution >= 0.6 is 0 Å². The minimum atomic E-state index is -5.00. The average Bonchev–Trinajstić information content (AvgIpc) is 3.50. The first-order valence-corrected chi connectivity index (χ1v) is 19.0. The molecule has 0 aliphatic rings. The zero-order valence-electron chi connectivity index (χ0n) is 30.1. The third kappa shape index (κ3) is 8.94. The molecular weight excluding hydrogens is 761 g/mol. The fraction of sp³-hybridized carbons (Fsp3) is 0.250. The van der Waals surface area contributed by atoms with E-state index in [1.165, 1.54) is 36.4 Å². The summed E-state index contributed by atoms with van der Waals surface area (Å²) < 4.78 is 118. The van der Waals surface area contributed by atoms with Gasteiger partial charge in [0.05, 0.1) is 22.5 Å². The minimum Gasteiger partial charge on any atom is -0.352 e. The lowest BCUT2D eigenvalue weighted by Gasteiger charge is -2.15. The van der Waals surface area contributed by atoms with Gasteiger partial charge in [0.25, 0.3) is 21.8 Å². The van der Waals surface area contributed by atoms with Crippen LogP contribution in [0.4, 0.5) is 26.3 Å². The van der Waals surface area contributed by atoms with Crippen molar-refractivity contribution in [1.29, 1.82) is 5.26 Å². The number of aryl methyl sites for hydroxylation is 1. The van der Waals surface area contributed by atoms with E-state index in [-0.39, 0.29) is 52.0 Å². The highest BCUT2D eigenvalue weighted by atomic mass is 32.2. The number of benzene rings is 4. The van der Waals surface area contributed by atoms with Gasteiger partial charge in [-0.05, 0) is 72.9 Å². The van der Waals surface area contributed by atoms with Gasteiger partial charge in [0, 0.05) is 29.7 Å². The summed E-state index contributed by atoms with van der Waals surface area (Å²) in [5.74, 6) is -5.22. The Labute approximate surface area is 319 Å². The molecule has 5 rings (SSSR count). The number of rotatable bonds is 14. The highest BCUT2D eigenvalue weighted by molar-refractivity contribution is 7.90. The monoisotopic (exact) mass is 795 g/mol. The molecule has 1 aromatic heterocycles. The molecule has 0 aliphatic carbocycles. The predicted molar refractivity (Wildman–Crippen MR) is 195 cm³/mol. The Morgan fingerprint density at radius 1 is 0.857 bits per heavy atom. The highest BCUT2D eigenvalue weighted by Gasteiger charge is 2.36. The molecule has 2 amide bonds. The summed E-state index contributed by atoms with van der Waals surface area (Å²) in [5.41, 5.74) is -2.92. The summed E-state index contributed by atoms with van der Waals surface area (Å²) >= 11 is 0. The van der Waals surface area contributed by atoms with Gasteiger partial charge in [0.2, 0.25) is 0 Å². The van der Waals surface area contributed by atoms with Gasteiger partial charge < -0.3 is 5.32 Å². The molecule has 292 valence electrons. The minimum absolute atomic E-state index is 0.0590. The second-order valence-corrected chi connectivity index (χ2v) is 14.4. The smallest absolute Gasteiger partial charge is 0.352 e. The molecule has 5 aromatic rings. The van der Waals surface area contributed by atoms with E-state index < -0.39 is 67.2 Å². The van der Waals surface area contributed by atoms with Crippen LogP contribution in [0.3, 0.4) is 0 Å². The Kier molecular flexibility index (Phi) is 12.7. The van der Waals surface area contributed by atoms with Gasteiger partial charge in [-0.3, -0.25) is 9.59 Å². The van der Waals surface area contributed by atoms with Crippen LogP contribution < -0.4 is 10.0 Å². The first kappa shape index (κ1) is 41.2. The third-order valence-corrected chi connectivity index (χ3v) is 10.3. The molecule has 0 radical (unpaired) electrons. The average molecular weight is 796 g/mol. The summed E-state index contributed by atoms with van der Waals surface area (Å²) in [6.07, 6.45) is -2.42. The van der Waals surface area contributed by atoms with Crippen molar-refractivity contribution in [3.63, 3.8) is 0 Å². The van der Waals surface area contributed by atoms with E-state index in [2.05, 4.69) is 10.4 Å². The maximum atomic E-state index is 16.0. The molecular formula is C40H35F6N5O4S. The van der Waals surface area contributed by atoms with Gasteiger partial charge in [-0.2, -0.15) is 23.5 Å². The van der Waals surface area contributed by atoms with Crippen molar-refractivity contribution in [2.45, 2.75) is 63.4 Å². The zero-order valence-corrected chi connectivity index (χ0v) is 30.9. The normalized spacial score (nSPS) is 11.6. The standard InChI is InChI=1S/C40H35F6N5O4S/c1-3-5-14-34-29(36(23-47)51(49-34)35-22-26(38(52)48-19-6-4-2)17-18-30(35)40(44,45)46)20-25-16-15-24(21-33(25)43)27-11-9-13-32(42)37(27)56(54,55)50-39(53)28-10-7-8-12-31(28)41/h7-13,15-18,21-22H,3-6,14,19-20H2,1-2H3,(H,48,52)(H,50,53). The lowest BCUT2D eigenvalue weighted by Crippen LogP contribution is -2.32. The molecule has 0 saturated heterocycles.